The molecule has 4 heteroatoms. The van der Waals surface area contributed by atoms with E-state index in [1.165, 1.54) is 18.9 Å². The highest BCUT2D eigenvalue weighted by Gasteiger charge is 2.29. The van der Waals surface area contributed by atoms with Crippen LogP contribution in [0.3, 0.4) is 0 Å². The molecule has 1 fully saturated rings. The molecule has 0 bridgehead atoms. The predicted octanol–water partition coefficient (Wildman–Crippen LogP) is 4.00. The molecule has 102 valence electrons. The van der Waals surface area contributed by atoms with Gasteiger partial charge in [0, 0.05) is 18.8 Å². The molecule has 0 spiro atoms. The van der Waals surface area contributed by atoms with Gasteiger partial charge in [-0.1, -0.05) is 13.0 Å². The fraction of sp³-hybridized carbons (Fsp3) is 0.533. The summed E-state index contributed by atoms with van der Waals surface area (Å²) in [7, 11) is 0. The van der Waals surface area contributed by atoms with E-state index in [0.717, 1.165) is 23.8 Å². The average molecular weight is 281 g/mol. The third-order valence-corrected chi connectivity index (χ3v) is 4.21. The van der Waals surface area contributed by atoms with Crippen molar-refractivity contribution in [2.45, 2.75) is 32.7 Å². The number of nitrogens with zero attached hydrogens (tertiary/aromatic N) is 2. The van der Waals surface area contributed by atoms with Crippen molar-refractivity contribution in [3.63, 3.8) is 0 Å². The van der Waals surface area contributed by atoms with Gasteiger partial charge in [0.25, 0.3) is 0 Å². The first-order valence-electron chi connectivity index (χ1n) is 6.90. The van der Waals surface area contributed by atoms with Gasteiger partial charge in [-0.2, -0.15) is 0 Å². The summed E-state index contributed by atoms with van der Waals surface area (Å²) in [5.74, 6) is 2.63. The quantitative estimate of drug-likeness (QED) is 0.757. The topological polar surface area (TPSA) is 17.8 Å². The van der Waals surface area contributed by atoms with Gasteiger partial charge in [-0.3, -0.25) is 0 Å². The zero-order chi connectivity index (χ0) is 13.4. The molecular weight excluding hydrogens is 263 g/mol. The monoisotopic (exact) mass is 280 g/mol. The highest BCUT2D eigenvalue weighted by Crippen LogP contribution is 2.38. The fourth-order valence-corrected chi connectivity index (χ4v) is 2.91. The molecule has 3 rings (SSSR count). The summed E-state index contributed by atoms with van der Waals surface area (Å²) in [4.78, 5) is 4.44. The third kappa shape index (κ3) is 2.48. The maximum Gasteiger partial charge on any atom is 0.151 e. The molecule has 0 saturated heterocycles. The number of halogens is 2. The summed E-state index contributed by atoms with van der Waals surface area (Å²) < 4.78 is 16.0. The van der Waals surface area contributed by atoms with Gasteiger partial charge in [-0.05, 0) is 36.8 Å². The van der Waals surface area contributed by atoms with Gasteiger partial charge >= 0.3 is 0 Å². The molecule has 1 aliphatic carbocycles. The Morgan fingerprint density at radius 3 is 2.95 bits per heavy atom. The normalized spacial score (nSPS) is 17.0. The molecule has 1 aromatic carbocycles. The van der Waals surface area contributed by atoms with Crippen molar-refractivity contribution in [3.05, 3.63) is 29.8 Å². The van der Waals surface area contributed by atoms with Crippen LogP contribution in [-0.2, 0) is 13.0 Å². The summed E-state index contributed by atoms with van der Waals surface area (Å²) in [6.45, 7) is 3.18. The van der Waals surface area contributed by atoms with Crippen molar-refractivity contribution in [2.75, 3.05) is 5.88 Å². The minimum Gasteiger partial charge on any atom is -0.328 e. The van der Waals surface area contributed by atoms with Gasteiger partial charge in [0.2, 0.25) is 0 Å². The van der Waals surface area contributed by atoms with E-state index in [9.17, 15) is 4.39 Å². The zero-order valence-electron chi connectivity index (χ0n) is 11.1. The fourth-order valence-electron chi connectivity index (χ4n) is 2.74. The molecule has 1 atom stereocenters. The second-order valence-electron chi connectivity index (χ2n) is 5.50. The largest absolute Gasteiger partial charge is 0.328 e. The third-order valence-electron chi connectivity index (χ3n) is 4.02. The molecule has 2 nitrogen and oxygen atoms in total. The van der Waals surface area contributed by atoms with E-state index in [1.807, 2.05) is 6.07 Å². The summed E-state index contributed by atoms with van der Waals surface area (Å²) in [6.07, 6.45) is 3.34. The number of alkyl halides is 1. The van der Waals surface area contributed by atoms with Crippen LogP contribution in [0.1, 0.15) is 25.6 Å². The van der Waals surface area contributed by atoms with Crippen LogP contribution in [-0.4, -0.2) is 15.4 Å². The highest BCUT2D eigenvalue weighted by molar-refractivity contribution is 6.17. The number of imidazole rings is 1. The molecule has 1 aliphatic rings. The molecule has 0 amide bonds. The summed E-state index contributed by atoms with van der Waals surface area (Å²) in [6, 6.07) is 5.17. The SMILES string of the molecule is CC(Cn1c(CCCl)nc2c(F)cccc21)C1CC1. The van der Waals surface area contributed by atoms with Crippen molar-refractivity contribution in [3.8, 4) is 0 Å². The summed E-state index contributed by atoms with van der Waals surface area (Å²) >= 11 is 5.84. The van der Waals surface area contributed by atoms with E-state index >= 15 is 0 Å². The molecule has 0 aliphatic heterocycles. The first-order valence-corrected chi connectivity index (χ1v) is 7.43. The van der Waals surface area contributed by atoms with Crippen LogP contribution in [0.5, 0.6) is 0 Å². The van der Waals surface area contributed by atoms with E-state index in [-0.39, 0.29) is 5.82 Å². The molecule has 2 aromatic rings. The number of benzene rings is 1. The van der Waals surface area contributed by atoms with Crippen LogP contribution < -0.4 is 0 Å². The lowest BCUT2D eigenvalue weighted by Gasteiger charge is -2.14. The molecule has 0 radical (unpaired) electrons. The van der Waals surface area contributed by atoms with E-state index in [0.29, 0.717) is 23.7 Å². The molecule has 1 saturated carbocycles. The number of hydrogen-bond acceptors (Lipinski definition) is 1. The smallest absolute Gasteiger partial charge is 0.151 e. The maximum absolute atomic E-state index is 13.8. The highest BCUT2D eigenvalue weighted by atomic mass is 35.5. The van der Waals surface area contributed by atoms with E-state index in [1.54, 1.807) is 6.07 Å². The maximum atomic E-state index is 13.8. The minimum absolute atomic E-state index is 0.244. The molecule has 0 N–H and O–H groups in total. The van der Waals surface area contributed by atoms with Gasteiger partial charge < -0.3 is 4.57 Å². The van der Waals surface area contributed by atoms with Crippen molar-refractivity contribution in [2.24, 2.45) is 11.8 Å². The van der Waals surface area contributed by atoms with Crippen LogP contribution in [0.4, 0.5) is 4.39 Å². The predicted molar refractivity (Wildman–Crippen MR) is 76.0 cm³/mol. The van der Waals surface area contributed by atoms with Gasteiger partial charge in [-0.15, -0.1) is 11.6 Å². The molecule has 1 unspecified atom stereocenters. The number of aryl methyl sites for hydroxylation is 1. The standard InChI is InChI=1S/C15H18ClFN2/c1-10(11-5-6-11)9-19-13-4-2-3-12(17)15(13)18-14(19)7-8-16/h2-4,10-11H,5-9H2,1H3. The Labute approximate surface area is 117 Å². The van der Waals surface area contributed by atoms with Crippen molar-refractivity contribution in [1.82, 2.24) is 9.55 Å². The molecule has 19 heavy (non-hydrogen) atoms. The first kappa shape index (κ1) is 12.9. The van der Waals surface area contributed by atoms with Gasteiger partial charge in [-0.25, -0.2) is 9.37 Å². The summed E-state index contributed by atoms with van der Waals surface area (Å²) in [5.41, 5.74) is 1.37. The summed E-state index contributed by atoms with van der Waals surface area (Å²) in [5, 5.41) is 0. The van der Waals surface area contributed by atoms with Crippen LogP contribution in [0.2, 0.25) is 0 Å². The van der Waals surface area contributed by atoms with Crippen molar-refractivity contribution in [1.29, 1.82) is 0 Å². The van der Waals surface area contributed by atoms with Crippen molar-refractivity contribution >= 4 is 22.6 Å². The Morgan fingerprint density at radius 2 is 2.26 bits per heavy atom. The van der Waals surface area contributed by atoms with Crippen molar-refractivity contribution < 1.29 is 4.39 Å². The molecular formula is C15H18ClFN2. The van der Waals surface area contributed by atoms with E-state index in [4.69, 9.17) is 11.6 Å². The van der Waals surface area contributed by atoms with Gasteiger partial charge in [0.15, 0.2) is 5.82 Å². The van der Waals surface area contributed by atoms with Crippen LogP contribution in [0.15, 0.2) is 18.2 Å². The van der Waals surface area contributed by atoms with E-state index in [2.05, 4.69) is 16.5 Å². The van der Waals surface area contributed by atoms with Gasteiger partial charge in [0.05, 0.1) is 5.52 Å². The average Bonchev–Trinajstić information content (AvgIpc) is 3.17. The molecule has 1 aromatic heterocycles. The Balaban J connectivity index is 2.02. The minimum atomic E-state index is -0.244. The number of para-hydroxylation sites is 1. The number of rotatable bonds is 5. The lowest BCUT2D eigenvalue weighted by atomic mass is 10.1. The number of fused-ring (bicyclic) bond motifs is 1. The molecule has 1 heterocycles. The second-order valence-corrected chi connectivity index (χ2v) is 5.88. The number of hydrogen-bond donors (Lipinski definition) is 0. The van der Waals surface area contributed by atoms with Crippen LogP contribution in [0, 0.1) is 17.7 Å². The van der Waals surface area contributed by atoms with Crippen LogP contribution >= 0.6 is 11.6 Å². The lowest BCUT2D eigenvalue weighted by Crippen LogP contribution is -2.12. The lowest BCUT2D eigenvalue weighted by molar-refractivity contribution is 0.429. The number of aromatic nitrogens is 2. The Morgan fingerprint density at radius 1 is 1.47 bits per heavy atom. The van der Waals surface area contributed by atoms with Gasteiger partial charge in [0.1, 0.15) is 11.3 Å². The second kappa shape index (κ2) is 5.12. The Bertz CT molecular complexity index is 589. The Hall–Kier alpha value is -1.09. The zero-order valence-corrected chi connectivity index (χ0v) is 11.8. The van der Waals surface area contributed by atoms with E-state index < -0.39 is 0 Å². The first-order chi connectivity index (χ1) is 9.20. The Kier molecular flexibility index (Phi) is 3.48. The van der Waals surface area contributed by atoms with Crippen LogP contribution in [0.25, 0.3) is 11.0 Å².